The van der Waals surface area contributed by atoms with Gasteiger partial charge in [-0.15, -0.1) is 6.58 Å². The fourth-order valence-corrected chi connectivity index (χ4v) is 5.87. The SMILES string of the molecule is C=CCN(C(=O)c1cc(COc2ccc3c(c2)CCCC3)on1)[C@H]1CCS(=O)(=O)C1. The number of sulfone groups is 1. The van der Waals surface area contributed by atoms with E-state index in [4.69, 9.17) is 9.26 Å². The first kappa shape index (κ1) is 20.7. The van der Waals surface area contributed by atoms with Crippen LogP contribution in [-0.2, 0) is 29.3 Å². The molecule has 30 heavy (non-hydrogen) atoms. The maximum absolute atomic E-state index is 12.9. The van der Waals surface area contributed by atoms with E-state index in [-0.39, 0.29) is 42.3 Å². The van der Waals surface area contributed by atoms with Crippen LogP contribution in [0.1, 0.15) is 46.6 Å². The molecule has 4 rings (SSSR count). The number of rotatable bonds is 7. The maximum Gasteiger partial charge on any atom is 0.276 e. The molecule has 2 aromatic rings. The molecule has 0 N–H and O–H groups in total. The van der Waals surface area contributed by atoms with Crippen molar-refractivity contribution in [3.63, 3.8) is 0 Å². The molecule has 1 aliphatic heterocycles. The van der Waals surface area contributed by atoms with Gasteiger partial charge in [-0.05, 0) is 55.4 Å². The average molecular weight is 431 g/mol. The molecule has 160 valence electrons. The summed E-state index contributed by atoms with van der Waals surface area (Å²) in [5.74, 6) is 0.912. The normalized spacial score (nSPS) is 19.8. The molecule has 1 aliphatic carbocycles. The summed E-state index contributed by atoms with van der Waals surface area (Å²) in [6.07, 6.45) is 6.64. The van der Waals surface area contributed by atoms with Crippen LogP contribution >= 0.6 is 0 Å². The van der Waals surface area contributed by atoms with Gasteiger partial charge in [0.05, 0.1) is 11.5 Å². The minimum absolute atomic E-state index is 0.0290. The van der Waals surface area contributed by atoms with E-state index in [0.29, 0.717) is 12.2 Å². The summed E-state index contributed by atoms with van der Waals surface area (Å²) < 4.78 is 34.7. The minimum Gasteiger partial charge on any atom is -0.486 e. The van der Waals surface area contributed by atoms with E-state index in [1.165, 1.54) is 28.9 Å². The Hall–Kier alpha value is -2.61. The Kier molecular flexibility index (Phi) is 5.94. The van der Waals surface area contributed by atoms with Crippen molar-refractivity contribution in [1.82, 2.24) is 10.1 Å². The van der Waals surface area contributed by atoms with Crippen LogP contribution in [-0.4, -0.2) is 48.5 Å². The van der Waals surface area contributed by atoms with Crippen LogP contribution in [0.15, 0.2) is 41.4 Å². The van der Waals surface area contributed by atoms with Crippen molar-refractivity contribution in [2.24, 2.45) is 0 Å². The number of benzene rings is 1. The highest BCUT2D eigenvalue weighted by Gasteiger charge is 2.35. The molecule has 1 amide bonds. The van der Waals surface area contributed by atoms with Crippen LogP contribution in [0.3, 0.4) is 0 Å². The number of amides is 1. The highest BCUT2D eigenvalue weighted by Crippen LogP contribution is 2.26. The number of nitrogens with zero attached hydrogens (tertiary/aromatic N) is 2. The van der Waals surface area contributed by atoms with Gasteiger partial charge in [-0.25, -0.2) is 8.42 Å². The summed E-state index contributed by atoms with van der Waals surface area (Å²) in [6.45, 7) is 4.10. The predicted molar refractivity (Wildman–Crippen MR) is 112 cm³/mol. The molecule has 0 bridgehead atoms. The molecule has 1 fully saturated rings. The Morgan fingerprint density at radius 2 is 2.07 bits per heavy atom. The van der Waals surface area contributed by atoms with Crippen LogP contribution in [0.5, 0.6) is 5.75 Å². The Balaban J connectivity index is 1.41. The summed E-state index contributed by atoms with van der Waals surface area (Å²) in [5, 5.41) is 3.88. The van der Waals surface area contributed by atoms with E-state index in [0.717, 1.165) is 18.6 Å². The lowest BCUT2D eigenvalue weighted by Crippen LogP contribution is -2.41. The number of carbonyl (C=O) groups excluding carboxylic acids is 1. The van der Waals surface area contributed by atoms with E-state index < -0.39 is 9.84 Å². The molecule has 0 unspecified atom stereocenters. The zero-order valence-corrected chi connectivity index (χ0v) is 17.7. The van der Waals surface area contributed by atoms with Crippen LogP contribution in [0.4, 0.5) is 0 Å². The van der Waals surface area contributed by atoms with Gasteiger partial charge in [0.15, 0.2) is 21.3 Å². The maximum atomic E-state index is 12.9. The monoisotopic (exact) mass is 430 g/mol. The number of hydrogen-bond acceptors (Lipinski definition) is 6. The van der Waals surface area contributed by atoms with Crippen molar-refractivity contribution in [3.05, 3.63) is 59.5 Å². The van der Waals surface area contributed by atoms with Gasteiger partial charge < -0.3 is 14.2 Å². The highest BCUT2D eigenvalue weighted by molar-refractivity contribution is 7.91. The number of aryl methyl sites for hydroxylation is 2. The fourth-order valence-electron chi connectivity index (χ4n) is 4.14. The van der Waals surface area contributed by atoms with E-state index >= 15 is 0 Å². The van der Waals surface area contributed by atoms with Gasteiger partial charge in [-0.3, -0.25) is 4.79 Å². The Labute approximate surface area is 176 Å². The lowest BCUT2D eigenvalue weighted by atomic mass is 9.92. The first-order chi connectivity index (χ1) is 14.4. The Bertz CT molecular complexity index is 1040. The molecule has 1 aromatic heterocycles. The third-order valence-corrected chi connectivity index (χ3v) is 7.47. The zero-order chi connectivity index (χ0) is 21.1. The van der Waals surface area contributed by atoms with Gasteiger partial charge in [0.1, 0.15) is 12.4 Å². The van der Waals surface area contributed by atoms with Crippen LogP contribution < -0.4 is 4.74 Å². The molecule has 1 saturated heterocycles. The Morgan fingerprint density at radius 1 is 1.27 bits per heavy atom. The molecule has 0 spiro atoms. The van der Waals surface area contributed by atoms with E-state index in [9.17, 15) is 13.2 Å². The van der Waals surface area contributed by atoms with E-state index in [1.54, 1.807) is 12.1 Å². The highest BCUT2D eigenvalue weighted by atomic mass is 32.2. The number of fused-ring (bicyclic) bond motifs is 1. The number of carbonyl (C=O) groups is 1. The molecular formula is C22H26N2O5S. The molecule has 0 radical (unpaired) electrons. The van der Waals surface area contributed by atoms with Crippen molar-refractivity contribution >= 4 is 15.7 Å². The van der Waals surface area contributed by atoms with Crippen molar-refractivity contribution < 1.29 is 22.5 Å². The van der Waals surface area contributed by atoms with Crippen molar-refractivity contribution in [1.29, 1.82) is 0 Å². The predicted octanol–water partition coefficient (Wildman–Crippen LogP) is 2.95. The van der Waals surface area contributed by atoms with Gasteiger partial charge in [-0.1, -0.05) is 17.3 Å². The van der Waals surface area contributed by atoms with E-state index in [1.807, 2.05) is 6.07 Å². The van der Waals surface area contributed by atoms with Gasteiger partial charge in [-0.2, -0.15) is 0 Å². The summed E-state index contributed by atoms with van der Waals surface area (Å²) in [5.41, 5.74) is 2.86. The lowest BCUT2D eigenvalue weighted by Gasteiger charge is -2.25. The van der Waals surface area contributed by atoms with Gasteiger partial charge in [0.25, 0.3) is 5.91 Å². The van der Waals surface area contributed by atoms with Crippen molar-refractivity contribution in [2.45, 2.75) is 44.8 Å². The topological polar surface area (TPSA) is 89.7 Å². The smallest absolute Gasteiger partial charge is 0.276 e. The van der Waals surface area contributed by atoms with E-state index in [2.05, 4.69) is 23.9 Å². The second kappa shape index (κ2) is 8.63. The third kappa shape index (κ3) is 4.59. The van der Waals surface area contributed by atoms with Crippen LogP contribution in [0, 0.1) is 0 Å². The largest absolute Gasteiger partial charge is 0.486 e. The quantitative estimate of drug-likeness (QED) is 0.628. The summed E-state index contributed by atoms with van der Waals surface area (Å²) in [6, 6.07) is 7.33. The molecule has 1 aromatic carbocycles. The first-order valence-electron chi connectivity index (χ1n) is 10.3. The first-order valence-corrected chi connectivity index (χ1v) is 12.1. The van der Waals surface area contributed by atoms with Crippen LogP contribution in [0.25, 0.3) is 0 Å². The molecule has 7 nitrogen and oxygen atoms in total. The zero-order valence-electron chi connectivity index (χ0n) is 16.9. The molecule has 1 atom stereocenters. The second-order valence-corrected chi connectivity index (χ2v) is 10.1. The Morgan fingerprint density at radius 3 is 2.80 bits per heavy atom. The molecule has 2 aliphatic rings. The fraction of sp³-hybridized carbons (Fsp3) is 0.455. The summed E-state index contributed by atoms with van der Waals surface area (Å²) in [4.78, 5) is 14.4. The van der Waals surface area contributed by atoms with Crippen molar-refractivity contribution in [3.8, 4) is 5.75 Å². The van der Waals surface area contributed by atoms with Crippen LogP contribution in [0.2, 0.25) is 0 Å². The average Bonchev–Trinajstić information content (AvgIpc) is 3.36. The van der Waals surface area contributed by atoms with Gasteiger partial charge >= 0.3 is 0 Å². The molecule has 0 saturated carbocycles. The molecule has 2 heterocycles. The van der Waals surface area contributed by atoms with Gasteiger partial charge in [0.2, 0.25) is 0 Å². The molecular weight excluding hydrogens is 404 g/mol. The number of hydrogen-bond donors (Lipinski definition) is 0. The third-order valence-electron chi connectivity index (χ3n) is 5.71. The second-order valence-electron chi connectivity index (χ2n) is 7.91. The lowest BCUT2D eigenvalue weighted by molar-refractivity contribution is 0.0709. The van der Waals surface area contributed by atoms with Gasteiger partial charge in [0, 0.05) is 18.7 Å². The molecule has 8 heteroatoms. The number of aromatic nitrogens is 1. The summed E-state index contributed by atoms with van der Waals surface area (Å²) >= 11 is 0. The van der Waals surface area contributed by atoms with Crippen molar-refractivity contribution in [2.75, 3.05) is 18.1 Å². The minimum atomic E-state index is -3.11. The number of ether oxygens (including phenoxy) is 1. The standard InChI is InChI=1S/C22H26N2O5S/c1-2-10-24(18-9-11-30(26,27)15-18)22(25)21-13-20(29-23-21)14-28-19-8-7-16-5-3-4-6-17(16)12-19/h2,7-8,12-13,18H,1,3-6,9-11,14-15H2/t18-/m0/s1. The summed E-state index contributed by atoms with van der Waals surface area (Å²) in [7, 11) is -3.11.